The van der Waals surface area contributed by atoms with Crippen LogP contribution in [0.3, 0.4) is 0 Å². The van der Waals surface area contributed by atoms with Gasteiger partial charge in [0.25, 0.3) is 0 Å². The zero-order chi connectivity index (χ0) is 35.1. The summed E-state index contributed by atoms with van der Waals surface area (Å²) in [6.07, 6.45) is 0. The van der Waals surface area contributed by atoms with Gasteiger partial charge >= 0.3 is 0 Å². The fourth-order valence-electron chi connectivity index (χ4n) is 7.43. The number of hydrogen-bond acceptors (Lipinski definition) is 3. The van der Waals surface area contributed by atoms with Crippen LogP contribution >= 0.6 is 0 Å². The van der Waals surface area contributed by atoms with E-state index in [1.165, 1.54) is 38.2 Å². The molecule has 0 aliphatic heterocycles. The summed E-state index contributed by atoms with van der Waals surface area (Å²) in [7, 11) is 0. The van der Waals surface area contributed by atoms with Gasteiger partial charge in [-0.3, -0.25) is 0 Å². The molecule has 0 saturated carbocycles. The average molecular weight is 677 g/mol. The van der Waals surface area contributed by atoms with E-state index in [0.29, 0.717) is 17.5 Å². The van der Waals surface area contributed by atoms with E-state index in [4.69, 9.17) is 15.0 Å². The van der Waals surface area contributed by atoms with Crippen LogP contribution < -0.4 is 0 Å². The smallest absolute Gasteiger partial charge is 0.164 e. The maximum Gasteiger partial charge on any atom is 0.164 e. The van der Waals surface area contributed by atoms with Crippen LogP contribution in [0.2, 0.25) is 0 Å². The summed E-state index contributed by atoms with van der Waals surface area (Å²) in [5, 5.41) is 4.76. The van der Waals surface area contributed by atoms with Crippen molar-refractivity contribution in [2.24, 2.45) is 0 Å². The van der Waals surface area contributed by atoms with Gasteiger partial charge in [0.1, 0.15) is 0 Å². The molecule has 10 aromatic rings. The molecule has 0 aliphatic rings. The second kappa shape index (κ2) is 12.9. The third-order valence-corrected chi connectivity index (χ3v) is 10.1. The summed E-state index contributed by atoms with van der Waals surface area (Å²) >= 11 is 0. The molecule has 0 saturated heterocycles. The molecular weight excluding hydrogens is 645 g/mol. The Bertz CT molecular complexity index is 2910. The van der Waals surface area contributed by atoms with Gasteiger partial charge in [-0.05, 0) is 51.9 Å². The zero-order valence-electron chi connectivity index (χ0n) is 28.8. The number of nitrogens with zero attached hydrogens (tertiary/aromatic N) is 4. The predicted molar refractivity (Wildman–Crippen MR) is 219 cm³/mol. The van der Waals surface area contributed by atoms with E-state index >= 15 is 0 Å². The van der Waals surface area contributed by atoms with Gasteiger partial charge in [0.05, 0.1) is 16.7 Å². The number of fused-ring (bicyclic) bond motifs is 4. The summed E-state index contributed by atoms with van der Waals surface area (Å²) < 4.78 is 2.40. The molecule has 0 atom stereocenters. The van der Waals surface area contributed by atoms with Gasteiger partial charge in [0.15, 0.2) is 17.5 Å². The number of benzene rings is 8. The largest absolute Gasteiger partial charge is 0.309 e. The molecule has 53 heavy (non-hydrogen) atoms. The second-order valence-electron chi connectivity index (χ2n) is 13.3. The van der Waals surface area contributed by atoms with Crippen LogP contribution in [0.4, 0.5) is 0 Å². The summed E-state index contributed by atoms with van der Waals surface area (Å²) in [4.78, 5) is 15.2. The first-order valence-corrected chi connectivity index (χ1v) is 17.9. The molecule has 0 fully saturated rings. The van der Waals surface area contributed by atoms with E-state index in [-0.39, 0.29) is 0 Å². The fourth-order valence-corrected chi connectivity index (χ4v) is 7.43. The van der Waals surface area contributed by atoms with Crippen molar-refractivity contribution >= 4 is 32.6 Å². The lowest BCUT2D eigenvalue weighted by Gasteiger charge is -2.13. The third kappa shape index (κ3) is 5.54. The molecule has 0 radical (unpaired) electrons. The molecule has 0 N–H and O–H groups in total. The molecule has 0 spiro atoms. The van der Waals surface area contributed by atoms with Crippen LogP contribution in [0.5, 0.6) is 0 Å². The van der Waals surface area contributed by atoms with Gasteiger partial charge in [0.2, 0.25) is 0 Å². The Morgan fingerprint density at radius 3 is 1.47 bits per heavy atom. The lowest BCUT2D eigenvalue weighted by Crippen LogP contribution is -2.00. The van der Waals surface area contributed by atoms with Crippen molar-refractivity contribution in [1.29, 1.82) is 0 Å². The van der Waals surface area contributed by atoms with Gasteiger partial charge in [-0.1, -0.05) is 170 Å². The van der Waals surface area contributed by atoms with E-state index < -0.39 is 0 Å². The Morgan fingerprint density at radius 2 is 0.774 bits per heavy atom. The molecule has 2 heterocycles. The van der Waals surface area contributed by atoms with Crippen LogP contribution in [0.15, 0.2) is 194 Å². The van der Waals surface area contributed by atoms with Crippen molar-refractivity contribution in [3.63, 3.8) is 0 Å². The Kier molecular flexibility index (Phi) is 7.43. The highest BCUT2D eigenvalue weighted by Gasteiger charge is 2.18. The number of rotatable bonds is 6. The molecule has 0 amide bonds. The summed E-state index contributed by atoms with van der Waals surface area (Å²) in [6, 6.07) is 68.2. The lowest BCUT2D eigenvalue weighted by atomic mass is 10.0. The van der Waals surface area contributed by atoms with Gasteiger partial charge in [-0.25, -0.2) is 15.0 Å². The first-order chi connectivity index (χ1) is 26.3. The quantitative estimate of drug-likeness (QED) is 0.176. The fraction of sp³-hybridized carbons (Fsp3) is 0. The van der Waals surface area contributed by atoms with E-state index in [0.717, 1.165) is 39.0 Å². The minimum Gasteiger partial charge on any atom is -0.309 e. The van der Waals surface area contributed by atoms with Crippen molar-refractivity contribution < 1.29 is 0 Å². The predicted octanol–water partition coefficient (Wildman–Crippen LogP) is 12.5. The highest BCUT2D eigenvalue weighted by Crippen LogP contribution is 2.39. The Hall–Kier alpha value is -7.17. The van der Waals surface area contributed by atoms with Gasteiger partial charge in [-0.2, -0.15) is 0 Å². The van der Waals surface area contributed by atoms with Gasteiger partial charge < -0.3 is 4.57 Å². The minimum atomic E-state index is 0.627. The zero-order valence-corrected chi connectivity index (χ0v) is 28.8. The number of aromatic nitrogens is 4. The monoisotopic (exact) mass is 676 g/mol. The average Bonchev–Trinajstić information content (AvgIpc) is 3.57. The van der Waals surface area contributed by atoms with Gasteiger partial charge in [-0.15, -0.1) is 0 Å². The van der Waals surface area contributed by atoms with E-state index in [9.17, 15) is 0 Å². The highest BCUT2D eigenvalue weighted by molar-refractivity contribution is 6.12. The molecule has 2 aromatic heterocycles. The molecule has 4 nitrogen and oxygen atoms in total. The van der Waals surface area contributed by atoms with Crippen molar-refractivity contribution in [3.8, 4) is 62.1 Å². The third-order valence-electron chi connectivity index (χ3n) is 10.1. The Morgan fingerprint density at radius 1 is 0.283 bits per heavy atom. The first kappa shape index (κ1) is 30.6. The van der Waals surface area contributed by atoms with E-state index in [1.807, 2.05) is 36.4 Å². The molecule has 10 rings (SSSR count). The molecule has 0 aliphatic carbocycles. The van der Waals surface area contributed by atoms with E-state index in [2.05, 4.69) is 162 Å². The van der Waals surface area contributed by atoms with Crippen LogP contribution in [0.25, 0.3) is 94.7 Å². The molecule has 4 heteroatoms. The maximum absolute atomic E-state index is 5.14. The minimum absolute atomic E-state index is 0.627. The Labute approximate surface area is 307 Å². The first-order valence-electron chi connectivity index (χ1n) is 17.9. The van der Waals surface area contributed by atoms with Crippen LogP contribution in [0.1, 0.15) is 0 Å². The standard InChI is InChI=1S/C49H32N4/c1-4-13-33(14-5-1)35-23-25-38(26-24-35)48-50-47(37-18-8-3-9-19-37)51-49(52-48)40-27-29-42-43-31-39(34-15-6-2-7-16-34)28-30-45(43)53(46(42)32-40)44-22-12-20-36-17-10-11-21-41(36)44/h1-32H. The second-order valence-corrected chi connectivity index (χ2v) is 13.3. The maximum atomic E-state index is 5.14. The van der Waals surface area contributed by atoms with Crippen LogP contribution in [-0.4, -0.2) is 19.5 Å². The molecule has 248 valence electrons. The topological polar surface area (TPSA) is 43.6 Å². The van der Waals surface area contributed by atoms with Crippen molar-refractivity contribution in [1.82, 2.24) is 19.5 Å². The normalized spacial score (nSPS) is 11.4. The van der Waals surface area contributed by atoms with Crippen LogP contribution in [-0.2, 0) is 0 Å². The SMILES string of the molecule is c1ccc(-c2ccc(-c3nc(-c4ccccc4)nc(-c4ccc5c6cc(-c7ccccc7)ccc6n(-c6cccc7ccccc67)c5c4)n3)cc2)cc1. The molecule has 0 unspecified atom stereocenters. The van der Waals surface area contributed by atoms with Crippen LogP contribution in [0, 0.1) is 0 Å². The Balaban J connectivity index is 1.19. The van der Waals surface area contributed by atoms with Gasteiger partial charge in [0, 0.05) is 32.8 Å². The molecular formula is C49H32N4. The summed E-state index contributed by atoms with van der Waals surface area (Å²) in [6.45, 7) is 0. The molecule has 8 aromatic carbocycles. The van der Waals surface area contributed by atoms with Crippen molar-refractivity contribution in [2.75, 3.05) is 0 Å². The van der Waals surface area contributed by atoms with E-state index in [1.54, 1.807) is 0 Å². The summed E-state index contributed by atoms with van der Waals surface area (Å²) in [5.41, 5.74) is 10.9. The molecule has 0 bridgehead atoms. The van der Waals surface area contributed by atoms with Crippen molar-refractivity contribution in [3.05, 3.63) is 194 Å². The lowest BCUT2D eigenvalue weighted by molar-refractivity contribution is 1.07. The number of hydrogen-bond donors (Lipinski definition) is 0. The highest BCUT2D eigenvalue weighted by atomic mass is 15.0. The summed E-state index contributed by atoms with van der Waals surface area (Å²) in [5.74, 6) is 1.90. The van der Waals surface area contributed by atoms with Crippen molar-refractivity contribution in [2.45, 2.75) is 0 Å².